The number of hydrogen-bond acceptors (Lipinski definition) is 4. The molecule has 1 aromatic rings. The Labute approximate surface area is 109 Å². The number of hydrogen-bond donors (Lipinski definition) is 1. The van der Waals surface area contributed by atoms with E-state index >= 15 is 0 Å². The molecule has 0 unspecified atom stereocenters. The molecule has 0 aliphatic carbocycles. The zero-order chi connectivity index (χ0) is 13.8. The number of piperidine rings is 1. The van der Waals surface area contributed by atoms with E-state index in [9.17, 15) is 14.4 Å². The van der Waals surface area contributed by atoms with Gasteiger partial charge in [-0.15, -0.1) is 0 Å². The van der Waals surface area contributed by atoms with Crippen LogP contribution in [0.15, 0.2) is 23.4 Å². The standard InChI is InChI=1S/C12H15N3O4/c16-10-1-4-13-8-15(10)7-11(17)14-5-2-9(3-6-14)12(18)19/h1,4,8-9H,2-3,5-7H2,(H,18,19). The van der Waals surface area contributed by atoms with Crippen LogP contribution in [0.1, 0.15) is 12.8 Å². The van der Waals surface area contributed by atoms with Crippen LogP contribution in [0.25, 0.3) is 0 Å². The van der Waals surface area contributed by atoms with Crippen LogP contribution in [-0.4, -0.2) is 44.5 Å². The molecule has 7 heteroatoms. The van der Waals surface area contributed by atoms with Crippen LogP contribution in [0.3, 0.4) is 0 Å². The lowest BCUT2D eigenvalue weighted by atomic mass is 9.97. The molecule has 1 amide bonds. The molecule has 1 aliphatic heterocycles. The van der Waals surface area contributed by atoms with Gasteiger partial charge in [0.25, 0.3) is 5.56 Å². The van der Waals surface area contributed by atoms with Gasteiger partial charge in [-0.1, -0.05) is 0 Å². The number of aliphatic carboxylic acids is 1. The van der Waals surface area contributed by atoms with Crippen LogP contribution in [0.5, 0.6) is 0 Å². The van der Waals surface area contributed by atoms with Gasteiger partial charge < -0.3 is 10.0 Å². The van der Waals surface area contributed by atoms with Crippen molar-refractivity contribution in [3.05, 3.63) is 28.9 Å². The summed E-state index contributed by atoms with van der Waals surface area (Å²) in [5.41, 5.74) is -0.274. The van der Waals surface area contributed by atoms with E-state index in [-0.39, 0.29) is 23.9 Å². The van der Waals surface area contributed by atoms with Crippen molar-refractivity contribution in [2.75, 3.05) is 13.1 Å². The van der Waals surface area contributed by atoms with Gasteiger partial charge in [0.05, 0.1) is 12.2 Å². The Balaban J connectivity index is 1.94. The number of carbonyl (C=O) groups excluding carboxylic acids is 1. The van der Waals surface area contributed by atoms with Crippen molar-refractivity contribution < 1.29 is 14.7 Å². The number of carboxylic acid groups (broad SMARTS) is 1. The zero-order valence-electron chi connectivity index (χ0n) is 10.4. The molecule has 7 nitrogen and oxygen atoms in total. The molecule has 1 aliphatic rings. The maximum absolute atomic E-state index is 12.0. The molecular weight excluding hydrogens is 250 g/mol. The summed E-state index contributed by atoms with van der Waals surface area (Å²) in [5, 5.41) is 8.88. The van der Waals surface area contributed by atoms with Crippen LogP contribution < -0.4 is 5.56 Å². The first-order valence-corrected chi connectivity index (χ1v) is 6.09. The van der Waals surface area contributed by atoms with E-state index in [2.05, 4.69) is 4.98 Å². The Morgan fingerprint density at radius 2 is 2.05 bits per heavy atom. The first kappa shape index (κ1) is 13.3. The molecule has 0 spiro atoms. The molecule has 0 radical (unpaired) electrons. The molecule has 2 heterocycles. The third-order valence-corrected chi connectivity index (χ3v) is 3.29. The molecule has 0 atom stereocenters. The molecule has 2 rings (SSSR count). The number of likely N-dealkylation sites (tertiary alicyclic amines) is 1. The first-order valence-electron chi connectivity index (χ1n) is 6.09. The predicted octanol–water partition coefficient (Wildman–Crippen LogP) is -0.434. The third kappa shape index (κ3) is 3.18. The molecule has 0 bridgehead atoms. The average Bonchev–Trinajstić information content (AvgIpc) is 2.41. The van der Waals surface area contributed by atoms with Crippen molar-refractivity contribution in [2.45, 2.75) is 19.4 Å². The van der Waals surface area contributed by atoms with E-state index in [1.807, 2.05) is 0 Å². The number of nitrogens with zero attached hydrogens (tertiary/aromatic N) is 3. The number of aromatic nitrogens is 2. The summed E-state index contributed by atoms with van der Waals surface area (Å²) >= 11 is 0. The highest BCUT2D eigenvalue weighted by Gasteiger charge is 2.26. The predicted molar refractivity (Wildman–Crippen MR) is 65.4 cm³/mol. The highest BCUT2D eigenvalue weighted by atomic mass is 16.4. The van der Waals surface area contributed by atoms with Gasteiger partial charge in [-0.2, -0.15) is 0 Å². The fourth-order valence-corrected chi connectivity index (χ4v) is 2.12. The lowest BCUT2D eigenvalue weighted by Gasteiger charge is -2.30. The van der Waals surface area contributed by atoms with Crippen molar-refractivity contribution in [2.24, 2.45) is 5.92 Å². The lowest BCUT2D eigenvalue weighted by Crippen LogP contribution is -2.42. The van der Waals surface area contributed by atoms with Crippen molar-refractivity contribution in [3.63, 3.8) is 0 Å². The SMILES string of the molecule is O=C(O)C1CCN(C(=O)Cn2cnccc2=O)CC1. The Morgan fingerprint density at radius 3 is 2.63 bits per heavy atom. The minimum atomic E-state index is -0.810. The van der Waals surface area contributed by atoms with Crippen molar-refractivity contribution in [1.29, 1.82) is 0 Å². The maximum atomic E-state index is 12.0. The Bertz CT molecular complexity index is 532. The molecule has 0 saturated carbocycles. The van der Waals surface area contributed by atoms with E-state index in [1.165, 1.54) is 23.2 Å². The summed E-state index contributed by atoms with van der Waals surface area (Å²) in [4.78, 5) is 39.6. The van der Waals surface area contributed by atoms with Gasteiger partial charge in [-0.25, -0.2) is 4.98 Å². The Hall–Kier alpha value is -2.18. The summed E-state index contributed by atoms with van der Waals surface area (Å²) in [6.07, 6.45) is 3.62. The van der Waals surface area contributed by atoms with Crippen LogP contribution in [0.4, 0.5) is 0 Å². The molecule has 1 aromatic heterocycles. The summed E-state index contributed by atoms with van der Waals surface area (Å²) in [7, 11) is 0. The quantitative estimate of drug-likeness (QED) is 0.800. The van der Waals surface area contributed by atoms with E-state index in [0.29, 0.717) is 25.9 Å². The van der Waals surface area contributed by atoms with E-state index < -0.39 is 5.97 Å². The topological polar surface area (TPSA) is 92.5 Å². The Morgan fingerprint density at radius 1 is 1.37 bits per heavy atom. The third-order valence-electron chi connectivity index (χ3n) is 3.29. The summed E-state index contributed by atoms with van der Waals surface area (Å²) < 4.78 is 1.24. The van der Waals surface area contributed by atoms with Gasteiger partial charge >= 0.3 is 5.97 Å². The van der Waals surface area contributed by atoms with Gasteiger partial charge in [0.2, 0.25) is 5.91 Å². The van der Waals surface area contributed by atoms with Crippen LogP contribution >= 0.6 is 0 Å². The monoisotopic (exact) mass is 265 g/mol. The summed E-state index contributed by atoms with van der Waals surface area (Å²) in [6.45, 7) is 0.792. The number of amides is 1. The summed E-state index contributed by atoms with van der Waals surface area (Å²) in [6, 6.07) is 1.30. The van der Waals surface area contributed by atoms with Gasteiger partial charge in [-0.05, 0) is 12.8 Å². The smallest absolute Gasteiger partial charge is 0.306 e. The zero-order valence-corrected chi connectivity index (χ0v) is 10.4. The van der Waals surface area contributed by atoms with Gasteiger partial charge in [0, 0.05) is 25.4 Å². The van der Waals surface area contributed by atoms with E-state index in [4.69, 9.17) is 5.11 Å². The van der Waals surface area contributed by atoms with Crippen molar-refractivity contribution in [1.82, 2.24) is 14.5 Å². The van der Waals surface area contributed by atoms with Crippen LogP contribution in [0, 0.1) is 5.92 Å². The minimum Gasteiger partial charge on any atom is -0.481 e. The second-order valence-electron chi connectivity index (χ2n) is 4.54. The number of rotatable bonds is 3. The van der Waals surface area contributed by atoms with Crippen molar-refractivity contribution in [3.8, 4) is 0 Å². The fraction of sp³-hybridized carbons (Fsp3) is 0.500. The second kappa shape index (κ2) is 5.64. The molecule has 0 aromatic carbocycles. The normalized spacial score (nSPS) is 16.3. The molecule has 1 fully saturated rings. The van der Waals surface area contributed by atoms with E-state index in [0.717, 1.165) is 0 Å². The second-order valence-corrected chi connectivity index (χ2v) is 4.54. The molecule has 19 heavy (non-hydrogen) atoms. The minimum absolute atomic E-state index is 0.0512. The first-order chi connectivity index (χ1) is 9.08. The summed E-state index contributed by atoms with van der Waals surface area (Å²) in [5.74, 6) is -1.36. The number of carboxylic acids is 1. The van der Waals surface area contributed by atoms with Crippen LogP contribution in [0.2, 0.25) is 0 Å². The van der Waals surface area contributed by atoms with E-state index in [1.54, 1.807) is 4.90 Å². The Kier molecular flexibility index (Phi) is 3.94. The molecule has 102 valence electrons. The highest BCUT2D eigenvalue weighted by molar-refractivity contribution is 5.76. The van der Waals surface area contributed by atoms with Crippen LogP contribution in [-0.2, 0) is 16.1 Å². The largest absolute Gasteiger partial charge is 0.481 e. The molecule has 1 N–H and O–H groups in total. The van der Waals surface area contributed by atoms with Gasteiger partial charge in [-0.3, -0.25) is 19.0 Å². The van der Waals surface area contributed by atoms with Gasteiger partial charge in [0.15, 0.2) is 0 Å². The average molecular weight is 265 g/mol. The maximum Gasteiger partial charge on any atom is 0.306 e. The van der Waals surface area contributed by atoms with Crippen molar-refractivity contribution >= 4 is 11.9 Å². The highest BCUT2D eigenvalue weighted by Crippen LogP contribution is 2.17. The number of carbonyl (C=O) groups is 2. The lowest BCUT2D eigenvalue weighted by molar-refractivity contribution is -0.145. The van der Waals surface area contributed by atoms with Gasteiger partial charge in [0.1, 0.15) is 6.54 Å². The molecule has 1 saturated heterocycles. The molecular formula is C12H15N3O4. The fourth-order valence-electron chi connectivity index (χ4n) is 2.12.